The molecule has 0 aliphatic rings. The predicted molar refractivity (Wildman–Crippen MR) is 67.1 cm³/mol. The molecule has 3 heteroatoms. The van der Waals surface area contributed by atoms with Gasteiger partial charge in [0.2, 0.25) is 5.91 Å². The Labute approximate surface area is 103 Å². The van der Waals surface area contributed by atoms with E-state index in [1.54, 1.807) is 11.9 Å². The van der Waals surface area contributed by atoms with Gasteiger partial charge in [-0.2, -0.15) is 5.26 Å². The van der Waals surface area contributed by atoms with Gasteiger partial charge < -0.3 is 4.90 Å². The molecule has 0 aliphatic heterocycles. The molecule has 0 bridgehead atoms. The molecule has 1 aromatic carbocycles. The summed E-state index contributed by atoms with van der Waals surface area (Å²) in [5, 5.41) is 8.57. The van der Waals surface area contributed by atoms with Gasteiger partial charge in [0.15, 0.2) is 0 Å². The summed E-state index contributed by atoms with van der Waals surface area (Å²) < 4.78 is 0. The third kappa shape index (κ3) is 3.60. The van der Waals surface area contributed by atoms with Crippen molar-refractivity contribution < 1.29 is 4.79 Å². The number of hydrogen-bond donors (Lipinski definition) is 0. The standard InChI is InChI=1S/C14H18N2O/c1-3-7-13(12-8-5-4-6-9-12)16(2)14(17)10-11-15/h4-6,8-9,13H,3,7,10H2,1-2H3. The van der Waals surface area contributed by atoms with Crippen LogP contribution in [0.25, 0.3) is 0 Å². The molecular formula is C14H18N2O. The smallest absolute Gasteiger partial charge is 0.237 e. The van der Waals surface area contributed by atoms with Gasteiger partial charge in [0.25, 0.3) is 0 Å². The van der Waals surface area contributed by atoms with Gasteiger partial charge >= 0.3 is 0 Å². The second kappa shape index (κ2) is 6.70. The van der Waals surface area contributed by atoms with Gasteiger partial charge in [-0.15, -0.1) is 0 Å². The van der Waals surface area contributed by atoms with E-state index in [-0.39, 0.29) is 18.4 Å². The Morgan fingerprint density at radius 3 is 2.59 bits per heavy atom. The van der Waals surface area contributed by atoms with Crippen LogP contribution in [0.15, 0.2) is 30.3 Å². The Hall–Kier alpha value is -1.82. The van der Waals surface area contributed by atoms with E-state index in [1.165, 1.54) is 0 Å². The minimum absolute atomic E-state index is 0.0520. The second-order valence-corrected chi connectivity index (χ2v) is 4.05. The molecule has 0 N–H and O–H groups in total. The van der Waals surface area contributed by atoms with Crippen LogP contribution in [-0.4, -0.2) is 17.9 Å². The third-order valence-corrected chi connectivity index (χ3v) is 2.84. The van der Waals surface area contributed by atoms with Crippen LogP contribution in [0.5, 0.6) is 0 Å². The molecule has 0 heterocycles. The first-order valence-corrected chi connectivity index (χ1v) is 5.88. The van der Waals surface area contributed by atoms with Crippen LogP contribution >= 0.6 is 0 Å². The number of benzene rings is 1. The summed E-state index contributed by atoms with van der Waals surface area (Å²) in [5.74, 6) is -0.116. The van der Waals surface area contributed by atoms with Crippen LogP contribution < -0.4 is 0 Å². The maximum atomic E-state index is 11.7. The highest BCUT2D eigenvalue weighted by molar-refractivity contribution is 5.78. The van der Waals surface area contributed by atoms with Gasteiger partial charge in [-0.3, -0.25) is 4.79 Å². The lowest BCUT2D eigenvalue weighted by Gasteiger charge is -2.27. The minimum atomic E-state index is -0.116. The molecule has 0 aliphatic carbocycles. The largest absolute Gasteiger partial charge is 0.338 e. The number of carbonyl (C=O) groups excluding carboxylic acids is 1. The number of amides is 1. The zero-order chi connectivity index (χ0) is 12.7. The van der Waals surface area contributed by atoms with Crippen molar-refractivity contribution in [3.05, 3.63) is 35.9 Å². The van der Waals surface area contributed by atoms with Crippen molar-refractivity contribution in [1.29, 1.82) is 5.26 Å². The number of rotatable bonds is 5. The SMILES string of the molecule is CCCC(c1ccccc1)N(C)C(=O)CC#N. The average Bonchev–Trinajstić information content (AvgIpc) is 2.36. The topological polar surface area (TPSA) is 44.1 Å². The second-order valence-electron chi connectivity index (χ2n) is 4.05. The van der Waals surface area contributed by atoms with Gasteiger partial charge in [0, 0.05) is 7.05 Å². The third-order valence-electron chi connectivity index (χ3n) is 2.84. The first-order valence-electron chi connectivity index (χ1n) is 5.88. The quantitative estimate of drug-likeness (QED) is 0.780. The zero-order valence-corrected chi connectivity index (χ0v) is 10.4. The van der Waals surface area contributed by atoms with Crippen LogP contribution in [-0.2, 0) is 4.79 Å². The zero-order valence-electron chi connectivity index (χ0n) is 10.4. The van der Waals surface area contributed by atoms with Crippen molar-refractivity contribution in [3.63, 3.8) is 0 Å². The van der Waals surface area contributed by atoms with Crippen LogP contribution in [0.4, 0.5) is 0 Å². The molecule has 3 nitrogen and oxygen atoms in total. The fourth-order valence-electron chi connectivity index (χ4n) is 1.90. The first-order chi connectivity index (χ1) is 8.20. The summed E-state index contributed by atoms with van der Waals surface area (Å²) in [5.41, 5.74) is 1.13. The maximum Gasteiger partial charge on any atom is 0.237 e. The normalized spacial score (nSPS) is 11.6. The summed E-state index contributed by atoms with van der Waals surface area (Å²) in [4.78, 5) is 13.4. The van der Waals surface area contributed by atoms with Crippen molar-refractivity contribution in [2.24, 2.45) is 0 Å². The van der Waals surface area contributed by atoms with Crippen LogP contribution in [0.2, 0.25) is 0 Å². The van der Waals surface area contributed by atoms with Crippen molar-refractivity contribution in [2.45, 2.75) is 32.2 Å². The lowest BCUT2D eigenvalue weighted by atomic mass is 10.0. The highest BCUT2D eigenvalue weighted by atomic mass is 16.2. The first kappa shape index (κ1) is 13.2. The van der Waals surface area contributed by atoms with E-state index in [1.807, 2.05) is 36.4 Å². The van der Waals surface area contributed by atoms with E-state index in [0.717, 1.165) is 18.4 Å². The van der Waals surface area contributed by atoms with E-state index in [9.17, 15) is 4.79 Å². The number of nitriles is 1. The molecule has 1 unspecified atom stereocenters. The lowest BCUT2D eigenvalue weighted by molar-refractivity contribution is -0.131. The molecule has 1 rings (SSSR count). The maximum absolute atomic E-state index is 11.7. The fourth-order valence-corrected chi connectivity index (χ4v) is 1.90. The number of nitrogens with zero attached hydrogens (tertiary/aromatic N) is 2. The number of carbonyl (C=O) groups is 1. The van der Waals surface area contributed by atoms with Crippen molar-refractivity contribution >= 4 is 5.91 Å². The minimum Gasteiger partial charge on any atom is -0.338 e. The van der Waals surface area contributed by atoms with E-state index < -0.39 is 0 Å². The monoisotopic (exact) mass is 230 g/mol. The molecule has 1 amide bonds. The summed E-state index contributed by atoms with van der Waals surface area (Å²) in [7, 11) is 1.77. The van der Waals surface area contributed by atoms with E-state index in [0.29, 0.717) is 0 Å². The Morgan fingerprint density at radius 1 is 1.41 bits per heavy atom. The molecule has 0 radical (unpaired) electrons. The molecule has 1 aromatic rings. The molecule has 17 heavy (non-hydrogen) atoms. The van der Waals surface area contributed by atoms with Gasteiger partial charge in [-0.1, -0.05) is 43.7 Å². The molecule has 90 valence electrons. The molecule has 0 saturated heterocycles. The molecule has 0 fully saturated rings. The predicted octanol–water partition coefficient (Wildman–Crippen LogP) is 2.90. The Balaban J connectivity index is 2.86. The van der Waals surface area contributed by atoms with Crippen LogP contribution in [0.1, 0.15) is 37.8 Å². The molecule has 1 atom stereocenters. The highest BCUT2D eigenvalue weighted by Gasteiger charge is 2.20. The van der Waals surface area contributed by atoms with Gasteiger partial charge in [0.1, 0.15) is 6.42 Å². The Bertz CT molecular complexity index is 394. The molecule has 0 spiro atoms. The number of hydrogen-bond acceptors (Lipinski definition) is 2. The Morgan fingerprint density at radius 2 is 2.06 bits per heavy atom. The highest BCUT2D eigenvalue weighted by Crippen LogP contribution is 2.24. The fraction of sp³-hybridized carbons (Fsp3) is 0.429. The molecular weight excluding hydrogens is 212 g/mol. The van der Waals surface area contributed by atoms with Crippen molar-refractivity contribution in [1.82, 2.24) is 4.90 Å². The van der Waals surface area contributed by atoms with E-state index in [2.05, 4.69) is 6.92 Å². The van der Waals surface area contributed by atoms with Crippen LogP contribution in [0.3, 0.4) is 0 Å². The van der Waals surface area contributed by atoms with E-state index >= 15 is 0 Å². The summed E-state index contributed by atoms with van der Waals surface area (Å²) >= 11 is 0. The molecule has 0 saturated carbocycles. The summed E-state index contributed by atoms with van der Waals surface area (Å²) in [6.45, 7) is 2.10. The van der Waals surface area contributed by atoms with E-state index in [4.69, 9.17) is 5.26 Å². The molecule has 0 aromatic heterocycles. The lowest BCUT2D eigenvalue weighted by Crippen LogP contribution is -2.30. The summed E-state index contributed by atoms with van der Waals surface area (Å²) in [6, 6.07) is 11.9. The summed E-state index contributed by atoms with van der Waals surface area (Å²) in [6.07, 6.45) is 1.87. The van der Waals surface area contributed by atoms with Crippen molar-refractivity contribution in [2.75, 3.05) is 7.05 Å². The van der Waals surface area contributed by atoms with Gasteiger partial charge in [0.05, 0.1) is 12.1 Å². The van der Waals surface area contributed by atoms with Crippen LogP contribution in [0, 0.1) is 11.3 Å². The Kier molecular flexibility index (Phi) is 5.22. The average molecular weight is 230 g/mol. The van der Waals surface area contributed by atoms with Gasteiger partial charge in [-0.05, 0) is 12.0 Å². The van der Waals surface area contributed by atoms with Gasteiger partial charge in [-0.25, -0.2) is 0 Å². The van der Waals surface area contributed by atoms with Crippen molar-refractivity contribution in [3.8, 4) is 6.07 Å².